The fraction of sp³-hybridized carbons (Fsp3) is 0.222. The number of carbonyl (C=O) groups is 1. The van der Waals surface area contributed by atoms with Crippen molar-refractivity contribution >= 4 is 17.2 Å². The number of benzene rings is 1. The Morgan fingerprint density at radius 2 is 2.08 bits per heavy atom. The molecule has 124 valence electrons. The quantitative estimate of drug-likeness (QED) is 0.774. The highest BCUT2D eigenvalue weighted by atomic mass is 32.1. The largest absolute Gasteiger partial charge is 0.496 e. The molecule has 0 aliphatic heterocycles. The number of methoxy groups -OCH3 is 1. The summed E-state index contributed by atoms with van der Waals surface area (Å²) < 4.78 is 7.37. The third-order valence-electron chi connectivity index (χ3n) is 3.81. The van der Waals surface area contributed by atoms with Crippen LogP contribution in [0.5, 0.6) is 5.75 Å². The topological polar surface area (TPSA) is 56.1 Å². The summed E-state index contributed by atoms with van der Waals surface area (Å²) in [5.41, 5.74) is 0.871. The van der Waals surface area contributed by atoms with Gasteiger partial charge in [0.15, 0.2) is 0 Å². The molecule has 0 radical (unpaired) electrons. The molecule has 0 fully saturated rings. The van der Waals surface area contributed by atoms with Crippen LogP contribution in [0.1, 0.15) is 32.0 Å². The van der Waals surface area contributed by atoms with Crippen LogP contribution in [0.3, 0.4) is 0 Å². The van der Waals surface area contributed by atoms with Crippen LogP contribution in [-0.2, 0) is 7.05 Å². The van der Waals surface area contributed by atoms with E-state index in [0.717, 1.165) is 16.3 Å². The molecule has 2 aromatic heterocycles. The molecule has 3 aromatic rings. The third-order valence-corrected chi connectivity index (χ3v) is 4.81. The molecule has 0 saturated heterocycles. The van der Waals surface area contributed by atoms with Crippen LogP contribution in [0.25, 0.3) is 0 Å². The maximum atomic E-state index is 12.7. The zero-order valence-corrected chi connectivity index (χ0v) is 14.6. The Bertz CT molecular complexity index is 853. The second-order valence-corrected chi connectivity index (χ2v) is 6.74. The Morgan fingerprint density at radius 1 is 1.29 bits per heavy atom. The number of imidazole rings is 1. The van der Waals surface area contributed by atoms with Gasteiger partial charge in [-0.25, -0.2) is 4.98 Å². The van der Waals surface area contributed by atoms with Crippen molar-refractivity contribution in [2.45, 2.75) is 13.0 Å². The van der Waals surface area contributed by atoms with Crippen molar-refractivity contribution in [3.63, 3.8) is 0 Å². The van der Waals surface area contributed by atoms with Crippen LogP contribution < -0.4 is 10.1 Å². The predicted molar refractivity (Wildman–Crippen MR) is 94.6 cm³/mol. The minimum absolute atomic E-state index is 0.119. The maximum Gasteiger partial charge on any atom is 0.262 e. The zero-order chi connectivity index (χ0) is 17.1. The van der Waals surface area contributed by atoms with Crippen molar-refractivity contribution in [3.8, 4) is 5.75 Å². The predicted octanol–water partition coefficient (Wildman–Crippen LogP) is 3.32. The van der Waals surface area contributed by atoms with Gasteiger partial charge in [0.1, 0.15) is 17.6 Å². The van der Waals surface area contributed by atoms with Gasteiger partial charge in [0.2, 0.25) is 0 Å². The molecule has 1 atom stereocenters. The Labute approximate surface area is 144 Å². The monoisotopic (exact) mass is 341 g/mol. The lowest BCUT2D eigenvalue weighted by Gasteiger charge is -2.21. The lowest BCUT2D eigenvalue weighted by atomic mass is 10.0. The number of aryl methyl sites for hydroxylation is 2. The smallest absolute Gasteiger partial charge is 0.262 e. The lowest BCUT2D eigenvalue weighted by molar-refractivity contribution is 0.0945. The molecule has 0 saturated carbocycles. The number of amides is 1. The number of aromatic nitrogens is 2. The third kappa shape index (κ3) is 3.19. The number of hydrogen-bond donors (Lipinski definition) is 1. The van der Waals surface area contributed by atoms with Crippen LogP contribution in [0.15, 0.2) is 48.8 Å². The molecular formula is C18H19N3O2S. The maximum absolute atomic E-state index is 12.7. The standard InChI is InChI=1S/C18H19N3O2S/c1-12-8-9-15(24-12)18(22)20-16(17-19-10-11-21(17)2)13-6-4-5-7-14(13)23-3/h4-11,16H,1-3H3,(H,20,22)/t16-/m1/s1. The summed E-state index contributed by atoms with van der Waals surface area (Å²) in [5.74, 6) is 1.35. The van der Waals surface area contributed by atoms with E-state index in [1.165, 1.54) is 11.3 Å². The highest BCUT2D eigenvalue weighted by Crippen LogP contribution is 2.29. The van der Waals surface area contributed by atoms with Crippen molar-refractivity contribution in [2.75, 3.05) is 7.11 Å². The summed E-state index contributed by atoms with van der Waals surface area (Å²) >= 11 is 1.47. The molecule has 24 heavy (non-hydrogen) atoms. The van der Waals surface area contributed by atoms with Crippen molar-refractivity contribution in [3.05, 3.63) is 69.9 Å². The Morgan fingerprint density at radius 3 is 2.71 bits per heavy atom. The number of hydrogen-bond acceptors (Lipinski definition) is 4. The molecule has 3 rings (SSSR count). The van der Waals surface area contributed by atoms with Gasteiger partial charge in [0.25, 0.3) is 5.91 Å². The van der Waals surface area contributed by atoms with Gasteiger partial charge in [-0.05, 0) is 25.1 Å². The van der Waals surface area contributed by atoms with E-state index in [2.05, 4.69) is 10.3 Å². The number of rotatable bonds is 5. The first-order valence-electron chi connectivity index (χ1n) is 7.57. The summed E-state index contributed by atoms with van der Waals surface area (Å²) in [6, 6.07) is 11.0. The minimum atomic E-state index is -0.393. The average molecular weight is 341 g/mol. The average Bonchev–Trinajstić information content (AvgIpc) is 3.21. The van der Waals surface area contributed by atoms with Gasteiger partial charge in [-0.3, -0.25) is 4.79 Å². The van der Waals surface area contributed by atoms with E-state index in [9.17, 15) is 4.79 Å². The molecule has 6 heteroatoms. The van der Waals surface area contributed by atoms with Gasteiger partial charge in [-0.2, -0.15) is 0 Å². The SMILES string of the molecule is COc1ccccc1[C@@H](NC(=O)c1ccc(C)s1)c1nccn1C. The fourth-order valence-electron chi connectivity index (χ4n) is 2.60. The number of thiophene rings is 1. The first kappa shape index (κ1) is 16.3. The van der Waals surface area contributed by atoms with Crippen molar-refractivity contribution in [1.82, 2.24) is 14.9 Å². The van der Waals surface area contributed by atoms with E-state index < -0.39 is 6.04 Å². The summed E-state index contributed by atoms with van der Waals surface area (Å²) in [6.07, 6.45) is 3.58. The molecule has 1 N–H and O–H groups in total. The van der Waals surface area contributed by atoms with Crippen LogP contribution in [0, 0.1) is 6.92 Å². The summed E-state index contributed by atoms with van der Waals surface area (Å²) in [4.78, 5) is 18.9. The van der Waals surface area contributed by atoms with Crippen LogP contribution >= 0.6 is 11.3 Å². The number of nitrogens with one attached hydrogen (secondary N) is 1. The molecular weight excluding hydrogens is 322 g/mol. The molecule has 0 aliphatic rings. The lowest BCUT2D eigenvalue weighted by Crippen LogP contribution is -2.30. The molecule has 1 aromatic carbocycles. The first-order chi connectivity index (χ1) is 11.6. The highest BCUT2D eigenvalue weighted by molar-refractivity contribution is 7.13. The summed E-state index contributed by atoms with van der Waals surface area (Å²) in [5, 5.41) is 3.09. The Kier molecular flexibility index (Phi) is 4.66. The van der Waals surface area contributed by atoms with E-state index in [-0.39, 0.29) is 5.91 Å². The fourth-order valence-corrected chi connectivity index (χ4v) is 3.37. The van der Waals surface area contributed by atoms with Crippen LogP contribution in [0.4, 0.5) is 0 Å². The van der Waals surface area contributed by atoms with E-state index in [4.69, 9.17) is 4.74 Å². The van der Waals surface area contributed by atoms with Crippen molar-refractivity contribution < 1.29 is 9.53 Å². The van der Waals surface area contributed by atoms with E-state index in [0.29, 0.717) is 10.6 Å². The molecule has 0 aliphatic carbocycles. The molecule has 0 spiro atoms. The van der Waals surface area contributed by atoms with E-state index in [1.807, 2.05) is 61.1 Å². The number of para-hydroxylation sites is 1. The van der Waals surface area contributed by atoms with Gasteiger partial charge in [0, 0.05) is 29.9 Å². The van der Waals surface area contributed by atoms with Gasteiger partial charge >= 0.3 is 0 Å². The van der Waals surface area contributed by atoms with Crippen molar-refractivity contribution in [2.24, 2.45) is 7.05 Å². The normalized spacial score (nSPS) is 12.0. The number of ether oxygens (including phenoxy) is 1. The highest BCUT2D eigenvalue weighted by Gasteiger charge is 2.24. The Hall–Kier alpha value is -2.60. The number of nitrogens with zero attached hydrogens (tertiary/aromatic N) is 2. The summed E-state index contributed by atoms with van der Waals surface area (Å²) in [6.45, 7) is 1.98. The van der Waals surface area contributed by atoms with Crippen molar-refractivity contribution in [1.29, 1.82) is 0 Å². The molecule has 0 unspecified atom stereocenters. The molecule has 0 bridgehead atoms. The molecule has 2 heterocycles. The second kappa shape index (κ2) is 6.88. The molecule has 5 nitrogen and oxygen atoms in total. The second-order valence-electron chi connectivity index (χ2n) is 5.46. The van der Waals surface area contributed by atoms with Crippen LogP contribution in [0.2, 0.25) is 0 Å². The minimum Gasteiger partial charge on any atom is -0.496 e. The van der Waals surface area contributed by atoms with Gasteiger partial charge in [-0.1, -0.05) is 18.2 Å². The number of carbonyl (C=O) groups excluding carboxylic acids is 1. The van der Waals surface area contributed by atoms with Crippen LogP contribution in [-0.4, -0.2) is 22.6 Å². The van der Waals surface area contributed by atoms with Gasteiger partial charge in [0.05, 0.1) is 12.0 Å². The van der Waals surface area contributed by atoms with E-state index >= 15 is 0 Å². The van der Waals surface area contributed by atoms with Gasteiger partial charge < -0.3 is 14.6 Å². The molecule has 1 amide bonds. The zero-order valence-electron chi connectivity index (χ0n) is 13.8. The Balaban J connectivity index is 2.00. The van der Waals surface area contributed by atoms with E-state index in [1.54, 1.807) is 13.3 Å². The van der Waals surface area contributed by atoms with Gasteiger partial charge in [-0.15, -0.1) is 11.3 Å². The summed E-state index contributed by atoms with van der Waals surface area (Å²) in [7, 11) is 3.53. The first-order valence-corrected chi connectivity index (χ1v) is 8.39.